The van der Waals surface area contributed by atoms with E-state index < -0.39 is 0 Å². The summed E-state index contributed by atoms with van der Waals surface area (Å²) >= 11 is 0. The maximum Gasteiger partial charge on any atom is 0.0922 e. The van der Waals surface area contributed by atoms with Crippen molar-refractivity contribution in [3.63, 3.8) is 0 Å². The Labute approximate surface area is 108 Å². The fraction of sp³-hybridized carbons (Fsp3) is 0.538. The van der Waals surface area contributed by atoms with Gasteiger partial charge in [-0.1, -0.05) is 0 Å². The molecule has 0 fully saturated rings. The topological polar surface area (TPSA) is 60.6 Å². The normalized spacial score (nSPS) is 11.3. The van der Waals surface area contributed by atoms with Crippen LogP contribution in [0, 0.1) is 13.8 Å². The van der Waals surface area contributed by atoms with Crippen molar-refractivity contribution in [1.29, 1.82) is 0 Å². The Hall–Kier alpha value is -1.62. The van der Waals surface area contributed by atoms with E-state index in [9.17, 15) is 0 Å². The lowest BCUT2D eigenvalue weighted by Crippen LogP contribution is -2.19. The first-order valence-corrected chi connectivity index (χ1v) is 6.33. The smallest absolute Gasteiger partial charge is 0.0922 e. The average molecular weight is 247 g/mol. The van der Waals surface area contributed by atoms with Crippen molar-refractivity contribution in [3.05, 3.63) is 35.2 Å². The standard InChI is InChI=1S/C13H21N5/c1-10-13(11(2)17-16-10)5-4-6-18(3)8-12-7-14-9-15-12/h7,9H,4-6,8H2,1-3H3,(H,14,15)(H,16,17). The minimum absolute atomic E-state index is 0.920. The summed E-state index contributed by atoms with van der Waals surface area (Å²) < 4.78 is 0. The van der Waals surface area contributed by atoms with Gasteiger partial charge in [-0.15, -0.1) is 0 Å². The number of rotatable bonds is 6. The van der Waals surface area contributed by atoms with Crippen LogP contribution in [0.25, 0.3) is 0 Å². The molecular weight excluding hydrogens is 226 g/mol. The Balaban J connectivity index is 1.75. The summed E-state index contributed by atoms with van der Waals surface area (Å²) in [6.45, 7) is 6.14. The summed E-state index contributed by atoms with van der Waals surface area (Å²) in [5.74, 6) is 0. The first-order chi connectivity index (χ1) is 8.66. The molecule has 2 aromatic rings. The van der Waals surface area contributed by atoms with Crippen molar-refractivity contribution in [3.8, 4) is 0 Å². The fourth-order valence-corrected chi connectivity index (χ4v) is 2.21. The Bertz CT molecular complexity index is 452. The third-order valence-corrected chi connectivity index (χ3v) is 3.24. The Morgan fingerprint density at radius 1 is 1.33 bits per heavy atom. The number of H-pyrrole nitrogens is 2. The minimum atomic E-state index is 0.920. The molecule has 2 aromatic heterocycles. The highest BCUT2D eigenvalue weighted by atomic mass is 15.1. The molecule has 2 rings (SSSR count). The lowest BCUT2D eigenvalue weighted by Gasteiger charge is -2.15. The van der Waals surface area contributed by atoms with E-state index in [0.29, 0.717) is 0 Å². The zero-order valence-electron chi connectivity index (χ0n) is 11.3. The molecule has 0 radical (unpaired) electrons. The van der Waals surface area contributed by atoms with Crippen LogP contribution in [0.3, 0.4) is 0 Å². The molecule has 0 bridgehead atoms. The molecule has 0 amide bonds. The summed E-state index contributed by atoms with van der Waals surface area (Å²) in [5.41, 5.74) is 4.85. The predicted molar refractivity (Wildman–Crippen MR) is 71.3 cm³/mol. The number of aryl methyl sites for hydroxylation is 2. The highest BCUT2D eigenvalue weighted by Crippen LogP contribution is 2.12. The van der Waals surface area contributed by atoms with E-state index in [0.717, 1.165) is 37.3 Å². The third kappa shape index (κ3) is 3.20. The van der Waals surface area contributed by atoms with Gasteiger partial charge in [0.1, 0.15) is 0 Å². The van der Waals surface area contributed by atoms with Crippen LogP contribution in [0.1, 0.15) is 29.1 Å². The van der Waals surface area contributed by atoms with Crippen LogP contribution in [0.4, 0.5) is 0 Å². The number of imidazole rings is 1. The quantitative estimate of drug-likeness (QED) is 0.818. The van der Waals surface area contributed by atoms with Crippen LogP contribution >= 0.6 is 0 Å². The summed E-state index contributed by atoms with van der Waals surface area (Å²) in [4.78, 5) is 9.45. The largest absolute Gasteiger partial charge is 0.347 e. The maximum absolute atomic E-state index is 4.22. The van der Waals surface area contributed by atoms with E-state index in [4.69, 9.17) is 0 Å². The van der Waals surface area contributed by atoms with E-state index in [-0.39, 0.29) is 0 Å². The number of aromatic amines is 2. The zero-order chi connectivity index (χ0) is 13.0. The number of aromatic nitrogens is 4. The van der Waals surface area contributed by atoms with Gasteiger partial charge in [-0.2, -0.15) is 5.10 Å². The molecule has 0 aliphatic rings. The lowest BCUT2D eigenvalue weighted by molar-refractivity contribution is 0.319. The molecule has 5 nitrogen and oxygen atoms in total. The fourth-order valence-electron chi connectivity index (χ4n) is 2.21. The Morgan fingerprint density at radius 3 is 2.78 bits per heavy atom. The van der Waals surface area contributed by atoms with Crippen molar-refractivity contribution in [2.45, 2.75) is 33.2 Å². The summed E-state index contributed by atoms with van der Waals surface area (Å²) in [6.07, 6.45) is 5.83. The molecule has 2 N–H and O–H groups in total. The zero-order valence-corrected chi connectivity index (χ0v) is 11.3. The number of nitrogens with zero attached hydrogens (tertiary/aromatic N) is 3. The Kier molecular flexibility index (Phi) is 4.15. The molecule has 2 heterocycles. The van der Waals surface area contributed by atoms with Crippen molar-refractivity contribution in [2.75, 3.05) is 13.6 Å². The molecule has 0 aliphatic heterocycles. The van der Waals surface area contributed by atoms with Crippen LogP contribution in [-0.4, -0.2) is 38.7 Å². The van der Waals surface area contributed by atoms with E-state index in [2.05, 4.69) is 46.0 Å². The van der Waals surface area contributed by atoms with Crippen molar-refractivity contribution < 1.29 is 0 Å². The van der Waals surface area contributed by atoms with Crippen LogP contribution in [0.15, 0.2) is 12.5 Å². The lowest BCUT2D eigenvalue weighted by atomic mass is 10.1. The van der Waals surface area contributed by atoms with Crippen LogP contribution in [0.5, 0.6) is 0 Å². The van der Waals surface area contributed by atoms with Crippen molar-refractivity contribution in [2.24, 2.45) is 0 Å². The maximum atomic E-state index is 4.22. The first kappa shape index (κ1) is 12.8. The molecule has 0 aromatic carbocycles. The predicted octanol–water partition coefficient (Wildman–Crippen LogP) is 1.81. The summed E-state index contributed by atoms with van der Waals surface area (Å²) in [7, 11) is 2.13. The SMILES string of the molecule is Cc1n[nH]c(C)c1CCCN(C)Cc1cnc[nH]1. The highest BCUT2D eigenvalue weighted by Gasteiger charge is 2.07. The average Bonchev–Trinajstić information content (AvgIpc) is 2.93. The molecule has 98 valence electrons. The van der Waals surface area contributed by atoms with E-state index in [1.165, 1.54) is 11.3 Å². The monoisotopic (exact) mass is 247 g/mol. The number of hydrogen-bond donors (Lipinski definition) is 2. The molecule has 0 aliphatic carbocycles. The number of nitrogens with one attached hydrogen (secondary N) is 2. The van der Waals surface area contributed by atoms with Gasteiger partial charge in [0, 0.05) is 24.1 Å². The van der Waals surface area contributed by atoms with E-state index in [1.807, 2.05) is 6.20 Å². The molecule has 18 heavy (non-hydrogen) atoms. The second kappa shape index (κ2) is 5.82. The van der Waals surface area contributed by atoms with Gasteiger partial charge in [0.2, 0.25) is 0 Å². The van der Waals surface area contributed by atoms with Crippen molar-refractivity contribution in [1.82, 2.24) is 25.1 Å². The first-order valence-electron chi connectivity index (χ1n) is 6.33. The molecule has 0 unspecified atom stereocenters. The number of hydrogen-bond acceptors (Lipinski definition) is 3. The van der Waals surface area contributed by atoms with Gasteiger partial charge in [-0.25, -0.2) is 4.98 Å². The van der Waals surface area contributed by atoms with Crippen LogP contribution in [0.2, 0.25) is 0 Å². The van der Waals surface area contributed by atoms with Gasteiger partial charge in [-0.05, 0) is 45.8 Å². The van der Waals surface area contributed by atoms with Gasteiger partial charge in [0.25, 0.3) is 0 Å². The van der Waals surface area contributed by atoms with E-state index in [1.54, 1.807) is 6.33 Å². The molecule has 0 saturated heterocycles. The highest BCUT2D eigenvalue weighted by molar-refractivity contribution is 5.23. The van der Waals surface area contributed by atoms with Gasteiger partial charge >= 0.3 is 0 Å². The second-order valence-corrected chi connectivity index (χ2v) is 4.83. The molecule has 0 spiro atoms. The summed E-state index contributed by atoms with van der Waals surface area (Å²) in [6, 6.07) is 0. The van der Waals surface area contributed by atoms with Gasteiger partial charge in [0.15, 0.2) is 0 Å². The Morgan fingerprint density at radius 2 is 2.17 bits per heavy atom. The van der Waals surface area contributed by atoms with Gasteiger partial charge < -0.3 is 9.88 Å². The van der Waals surface area contributed by atoms with E-state index >= 15 is 0 Å². The van der Waals surface area contributed by atoms with Gasteiger partial charge in [0.05, 0.1) is 12.0 Å². The molecular formula is C13H21N5. The molecule has 5 heteroatoms. The minimum Gasteiger partial charge on any atom is -0.347 e. The molecule has 0 saturated carbocycles. The van der Waals surface area contributed by atoms with Gasteiger partial charge in [-0.3, -0.25) is 5.10 Å². The van der Waals surface area contributed by atoms with Crippen LogP contribution < -0.4 is 0 Å². The third-order valence-electron chi connectivity index (χ3n) is 3.24. The van der Waals surface area contributed by atoms with Crippen molar-refractivity contribution >= 4 is 0 Å². The second-order valence-electron chi connectivity index (χ2n) is 4.83. The summed E-state index contributed by atoms with van der Waals surface area (Å²) in [5, 5.41) is 7.26. The molecule has 0 atom stereocenters. The van der Waals surface area contributed by atoms with Crippen LogP contribution in [-0.2, 0) is 13.0 Å².